The van der Waals surface area contributed by atoms with Crippen molar-refractivity contribution in [1.82, 2.24) is 9.47 Å². The van der Waals surface area contributed by atoms with E-state index in [0.29, 0.717) is 0 Å². The van der Waals surface area contributed by atoms with E-state index in [1.807, 2.05) is 0 Å². The van der Waals surface area contributed by atoms with Crippen LogP contribution >= 0.6 is 11.6 Å². The molecule has 0 aliphatic carbocycles. The number of carbonyl (C=O) groups is 1. The zero-order chi connectivity index (χ0) is 22.9. The Morgan fingerprint density at radius 1 is 1.29 bits per heavy atom. The van der Waals surface area contributed by atoms with Crippen molar-refractivity contribution in [2.24, 2.45) is 10.7 Å². The number of amides is 1. The third-order valence-electron chi connectivity index (χ3n) is 5.08. The van der Waals surface area contributed by atoms with Crippen molar-refractivity contribution in [3.63, 3.8) is 0 Å². The Balaban J connectivity index is 2.35. The molecule has 0 spiro atoms. The highest BCUT2D eigenvalue weighted by atomic mass is 35.5. The maximum atomic E-state index is 14.8. The standard InChI is InChI=1S/C20H21ClF4N4O2/c1-11-16(13-4-3-12(21)9-14(13)22)17(19(30)28-5-7-31-8-6-28)29(10-15(26)27-2)18(11)20(23,24)25/h3-4,9H,5-8,10H2,1-2H3,(H2,26,27). The van der Waals surface area contributed by atoms with Gasteiger partial charge in [-0.1, -0.05) is 11.6 Å². The monoisotopic (exact) mass is 460 g/mol. The number of ether oxygens (including phenoxy) is 1. The molecule has 1 aliphatic heterocycles. The lowest BCUT2D eigenvalue weighted by Crippen LogP contribution is -2.42. The highest BCUT2D eigenvalue weighted by Crippen LogP contribution is 2.42. The maximum absolute atomic E-state index is 14.8. The zero-order valence-corrected chi connectivity index (χ0v) is 17.6. The molecule has 1 aromatic carbocycles. The summed E-state index contributed by atoms with van der Waals surface area (Å²) in [5, 5.41) is 0.0813. The number of nitrogens with zero attached hydrogens (tertiary/aromatic N) is 3. The molecule has 11 heteroatoms. The van der Waals surface area contributed by atoms with Gasteiger partial charge in [-0.2, -0.15) is 13.2 Å². The molecule has 168 valence electrons. The smallest absolute Gasteiger partial charge is 0.386 e. The second-order valence-electron chi connectivity index (χ2n) is 7.02. The van der Waals surface area contributed by atoms with E-state index >= 15 is 0 Å². The SMILES string of the molecule is CN=C(N)Cn1c(C(=O)N2CCOCC2)c(-c2ccc(Cl)cc2F)c(C)c1C(F)(F)F. The summed E-state index contributed by atoms with van der Waals surface area (Å²) in [6, 6.07) is 3.61. The quantitative estimate of drug-likeness (QED) is 0.429. The number of alkyl halides is 3. The van der Waals surface area contributed by atoms with Gasteiger partial charge in [0.25, 0.3) is 5.91 Å². The first-order valence-corrected chi connectivity index (χ1v) is 9.77. The van der Waals surface area contributed by atoms with Crippen LogP contribution in [0.5, 0.6) is 0 Å². The van der Waals surface area contributed by atoms with Gasteiger partial charge in [-0.25, -0.2) is 4.39 Å². The van der Waals surface area contributed by atoms with E-state index in [2.05, 4.69) is 4.99 Å². The van der Waals surface area contributed by atoms with Crippen LogP contribution in [0.1, 0.15) is 21.7 Å². The van der Waals surface area contributed by atoms with Gasteiger partial charge in [0.2, 0.25) is 0 Å². The molecule has 0 atom stereocenters. The molecule has 0 bridgehead atoms. The van der Waals surface area contributed by atoms with Gasteiger partial charge >= 0.3 is 6.18 Å². The summed E-state index contributed by atoms with van der Waals surface area (Å²) in [5.41, 5.74) is 3.76. The number of aromatic nitrogens is 1. The first kappa shape index (κ1) is 23.1. The average molecular weight is 461 g/mol. The minimum Gasteiger partial charge on any atom is -0.386 e. The fraction of sp³-hybridized carbons (Fsp3) is 0.400. The molecule has 31 heavy (non-hydrogen) atoms. The average Bonchev–Trinajstić information content (AvgIpc) is 2.99. The van der Waals surface area contributed by atoms with E-state index in [1.54, 1.807) is 0 Å². The van der Waals surface area contributed by atoms with E-state index in [0.717, 1.165) is 10.6 Å². The maximum Gasteiger partial charge on any atom is 0.431 e. The zero-order valence-electron chi connectivity index (χ0n) is 16.9. The van der Waals surface area contributed by atoms with Gasteiger partial charge in [0.1, 0.15) is 23.0 Å². The second-order valence-corrected chi connectivity index (χ2v) is 7.46. The van der Waals surface area contributed by atoms with E-state index < -0.39 is 30.1 Å². The van der Waals surface area contributed by atoms with Crippen LogP contribution in [0, 0.1) is 12.7 Å². The Hall–Kier alpha value is -2.59. The van der Waals surface area contributed by atoms with Crippen LogP contribution in [0.3, 0.4) is 0 Å². The van der Waals surface area contributed by atoms with Gasteiger partial charge in [0.15, 0.2) is 0 Å². The van der Waals surface area contributed by atoms with Crippen molar-refractivity contribution >= 4 is 23.3 Å². The molecule has 0 radical (unpaired) electrons. The normalized spacial score (nSPS) is 15.5. The lowest BCUT2D eigenvalue weighted by Gasteiger charge is -2.28. The van der Waals surface area contributed by atoms with Crippen molar-refractivity contribution in [3.8, 4) is 11.1 Å². The predicted octanol–water partition coefficient (Wildman–Crippen LogP) is 3.73. The highest BCUT2D eigenvalue weighted by molar-refractivity contribution is 6.30. The molecule has 1 aliphatic rings. The van der Waals surface area contributed by atoms with Crippen LogP contribution in [0.25, 0.3) is 11.1 Å². The fourth-order valence-corrected chi connectivity index (χ4v) is 3.82. The van der Waals surface area contributed by atoms with E-state index in [1.165, 1.54) is 31.0 Å². The summed E-state index contributed by atoms with van der Waals surface area (Å²) < 4.78 is 63.1. The molecule has 1 aromatic heterocycles. The van der Waals surface area contributed by atoms with Crippen LogP contribution in [0.15, 0.2) is 23.2 Å². The van der Waals surface area contributed by atoms with Crippen molar-refractivity contribution in [2.75, 3.05) is 33.4 Å². The first-order chi connectivity index (χ1) is 14.6. The summed E-state index contributed by atoms with van der Waals surface area (Å²) in [6.07, 6.45) is -4.82. The molecule has 2 aromatic rings. The second kappa shape index (κ2) is 8.88. The van der Waals surface area contributed by atoms with Gasteiger partial charge in [-0.15, -0.1) is 0 Å². The van der Waals surface area contributed by atoms with E-state index in [-0.39, 0.29) is 59.5 Å². The van der Waals surface area contributed by atoms with Crippen LogP contribution in [0.4, 0.5) is 17.6 Å². The molecule has 2 N–H and O–H groups in total. The number of nitrogens with two attached hydrogens (primary N) is 1. The van der Waals surface area contributed by atoms with Gasteiger partial charge in [0.05, 0.1) is 19.8 Å². The van der Waals surface area contributed by atoms with Crippen molar-refractivity contribution in [3.05, 3.63) is 46.0 Å². The number of rotatable bonds is 4. The Morgan fingerprint density at radius 3 is 2.48 bits per heavy atom. The van der Waals surface area contributed by atoms with Gasteiger partial charge in [-0.05, 0) is 30.7 Å². The third kappa shape index (κ3) is 4.54. The Kier molecular flexibility index (Phi) is 6.61. The predicted molar refractivity (Wildman–Crippen MR) is 109 cm³/mol. The molecule has 1 amide bonds. The number of hydrogen-bond donors (Lipinski definition) is 1. The lowest BCUT2D eigenvalue weighted by atomic mass is 9.99. The summed E-state index contributed by atoms with van der Waals surface area (Å²) in [6.45, 7) is 1.63. The number of morpholine rings is 1. The topological polar surface area (TPSA) is 72.8 Å². The van der Waals surface area contributed by atoms with Gasteiger partial charge in [-0.3, -0.25) is 9.79 Å². The number of benzene rings is 1. The number of aliphatic imine (C=N–C) groups is 1. The summed E-state index contributed by atoms with van der Waals surface area (Å²) in [4.78, 5) is 18.5. The van der Waals surface area contributed by atoms with Crippen LogP contribution < -0.4 is 5.73 Å². The molecule has 2 heterocycles. The van der Waals surface area contributed by atoms with Crippen LogP contribution in [-0.4, -0.2) is 54.6 Å². The molecule has 1 fully saturated rings. The molecule has 0 saturated carbocycles. The van der Waals surface area contributed by atoms with E-state index in [9.17, 15) is 22.4 Å². The lowest BCUT2D eigenvalue weighted by molar-refractivity contribution is -0.143. The number of carbonyl (C=O) groups excluding carboxylic acids is 1. The Bertz CT molecular complexity index is 1030. The molecule has 0 unspecified atom stereocenters. The van der Waals surface area contributed by atoms with Crippen LogP contribution in [-0.2, 0) is 17.5 Å². The Morgan fingerprint density at radius 2 is 1.94 bits per heavy atom. The largest absolute Gasteiger partial charge is 0.431 e. The van der Waals surface area contributed by atoms with Crippen molar-refractivity contribution < 1.29 is 27.1 Å². The number of amidine groups is 1. The fourth-order valence-electron chi connectivity index (χ4n) is 3.66. The minimum absolute atomic E-state index is 0.0813. The van der Waals surface area contributed by atoms with Gasteiger partial charge < -0.3 is 19.9 Å². The molecular formula is C20H21ClF4N4O2. The van der Waals surface area contributed by atoms with Crippen molar-refractivity contribution in [1.29, 1.82) is 0 Å². The number of halogens is 5. The molecular weight excluding hydrogens is 440 g/mol. The molecule has 1 saturated heterocycles. The van der Waals surface area contributed by atoms with Crippen molar-refractivity contribution in [2.45, 2.75) is 19.6 Å². The third-order valence-corrected chi connectivity index (χ3v) is 5.32. The minimum atomic E-state index is -4.82. The highest BCUT2D eigenvalue weighted by Gasteiger charge is 2.42. The van der Waals surface area contributed by atoms with Crippen LogP contribution in [0.2, 0.25) is 5.02 Å². The Labute approximate surface area is 181 Å². The van der Waals surface area contributed by atoms with Gasteiger partial charge in [0, 0.05) is 36.3 Å². The molecule has 6 nitrogen and oxygen atoms in total. The summed E-state index contributed by atoms with van der Waals surface area (Å²) in [5.74, 6) is -1.62. The first-order valence-electron chi connectivity index (χ1n) is 9.40. The summed E-state index contributed by atoms with van der Waals surface area (Å²) in [7, 11) is 1.34. The van der Waals surface area contributed by atoms with E-state index in [4.69, 9.17) is 22.1 Å². The molecule has 3 rings (SSSR count). The summed E-state index contributed by atoms with van der Waals surface area (Å²) >= 11 is 5.82. The number of hydrogen-bond acceptors (Lipinski definition) is 3.